The van der Waals surface area contributed by atoms with E-state index in [0.717, 1.165) is 15.8 Å². The lowest BCUT2D eigenvalue weighted by Crippen LogP contribution is -2.29. The Labute approximate surface area is 171 Å². The number of hydrogen-bond acceptors (Lipinski definition) is 6. The zero-order valence-corrected chi connectivity index (χ0v) is 16.7. The van der Waals surface area contributed by atoms with Crippen LogP contribution in [0.1, 0.15) is 23.0 Å². The van der Waals surface area contributed by atoms with Gasteiger partial charge in [0.25, 0.3) is 5.91 Å². The molecule has 4 aromatic rings. The SMILES string of the molecule is Cc1cccc(NC(=O)[C@@H](C)OC(=O)c2ccc(-c3nc4ccccc4s3)o2)c1. The molecule has 7 heteroatoms. The van der Waals surface area contributed by atoms with Gasteiger partial charge in [0.1, 0.15) is 0 Å². The summed E-state index contributed by atoms with van der Waals surface area (Å²) in [6, 6.07) is 18.3. The molecular weight excluding hydrogens is 388 g/mol. The largest absolute Gasteiger partial charge is 0.447 e. The molecule has 1 atom stereocenters. The molecule has 0 spiro atoms. The quantitative estimate of drug-likeness (QED) is 0.469. The normalized spacial score (nSPS) is 11.9. The van der Waals surface area contributed by atoms with Gasteiger partial charge in [0.05, 0.1) is 10.2 Å². The second kappa shape index (κ2) is 7.89. The van der Waals surface area contributed by atoms with E-state index in [4.69, 9.17) is 9.15 Å². The minimum atomic E-state index is -0.973. The van der Waals surface area contributed by atoms with Gasteiger partial charge in [-0.15, -0.1) is 11.3 Å². The first-order valence-electron chi connectivity index (χ1n) is 9.04. The monoisotopic (exact) mass is 406 g/mol. The minimum Gasteiger partial charge on any atom is -0.447 e. The number of anilines is 1. The van der Waals surface area contributed by atoms with Gasteiger partial charge in [-0.1, -0.05) is 24.3 Å². The molecule has 0 aliphatic carbocycles. The Morgan fingerprint density at radius 1 is 1.10 bits per heavy atom. The van der Waals surface area contributed by atoms with E-state index in [-0.39, 0.29) is 5.76 Å². The van der Waals surface area contributed by atoms with Crippen molar-refractivity contribution in [1.82, 2.24) is 4.98 Å². The number of amides is 1. The maximum absolute atomic E-state index is 12.4. The standard InChI is InChI=1S/C22H18N2O4S/c1-13-6-5-7-15(12-13)23-20(25)14(2)27-22(26)18-11-10-17(28-18)21-24-16-8-3-4-9-19(16)29-21/h3-12,14H,1-2H3,(H,23,25)/t14-/m1/s1. The zero-order chi connectivity index (χ0) is 20.4. The summed E-state index contributed by atoms with van der Waals surface area (Å²) >= 11 is 1.48. The van der Waals surface area contributed by atoms with Gasteiger partial charge in [-0.05, 0) is 55.8 Å². The van der Waals surface area contributed by atoms with Crippen molar-refractivity contribution in [3.8, 4) is 10.8 Å². The van der Waals surface area contributed by atoms with Crippen molar-refractivity contribution in [2.24, 2.45) is 0 Å². The predicted molar refractivity (Wildman–Crippen MR) is 112 cm³/mol. The number of esters is 1. The van der Waals surface area contributed by atoms with Gasteiger partial charge in [0.15, 0.2) is 16.9 Å². The van der Waals surface area contributed by atoms with Crippen molar-refractivity contribution in [3.63, 3.8) is 0 Å². The van der Waals surface area contributed by atoms with Gasteiger partial charge in [-0.3, -0.25) is 4.79 Å². The molecule has 0 aliphatic heterocycles. The second-order valence-electron chi connectivity index (χ2n) is 6.56. The second-order valence-corrected chi connectivity index (χ2v) is 7.59. The van der Waals surface area contributed by atoms with Crippen LogP contribution in [-0.4, -0.2) is 23.0 Å². The first-order chi connectivity index (χ1) is 14.0. The molecule has 0 unspecified atom stereocenters. The third-order valence-corrected chi connectivity index (χ3v) is 5.30. The van der Waals surface area contributed by atoms with Crippen molar-refractivity contribution < 1.29 is 18.7 Å². The van der Waals surface area contributed by atoms with Crippen LogP contribution in [0, 0.1) is 6.92 Å². The molecule has 29 heavy (non-hydrogen) atoms. The lowest BCUT2D eigenvalue weighted by molar-refractivity contribution is -0.123. The van der Waals surface area contributed by atoms with Crippen LogP contribution in [-0.2, 0) is 9.53 Å². The fourth-order valence-corrected chi connectivity index (χ4v) is 3.71. The Morgan fingerprint density at radius 2 is 1.93 bits per heavy atom. The van der Waals surface area contributed by atoms with Crippen LogP contribution in [0.4, 0.5) is 5.69 Å². The van der Waals surface area contributed by atoms with Crippen molar-refractivity contribution in [1.29, 1.82) is 0 Å². The number of thiazole rings is 1. The highest BCUT2D eigenvalue weighted by atomic mass is 32.1. The molecule has 0 saturated carbocycles. The van der Waals surface area contributed by atoms with Crippen molar-refractivity contribution in [2.45, 2.75) is 20.0 Å². The van der Waals surface area contributed by atoms with E-state index in [1.807, 2.05) is 49.4 Å². The summed E-state index contributed by atoms with van der Waals surface area (Å²) in [6.07, 6.45) is -0.973. The van der Waals surface area contributed by atoms with E-state index in [1.165, 1.54) is 24.3 Å². The molecule has 1 N–H and O–H groups in total. The number of furan rings is 1. The van der Waals surface area contributed by atoms with Crippen LogP contribution in [0.15, 0.2) is 65.1 Å². The third kappa shape index (κ3) is 4.20. The molecule has 2 aromatic carbocycles. The Kier molecular flexibility index (Phi) is 5.14. The van der Waals surface area contributed by atoms with E-state index in [0.29, 0.717) is 16.5 Å². The van der Waals surface area contributed by atoms with E-state index in [1.54, 1.807) is 12.1 Å². The number of hydrogen-bond donors (Lipinski definition) is 1. The maximum Gasteiger partial charge on any atom is 0.375 e. The summed E-state index contributed by atoms with van der Waals surface area (Å²) in [7, 11) is 0. The van der Waals surface area contributed by atoms with E-state index in [2.05, 4.69) is 10.3 Å². The van der Waals surface area contributed by atoms with Crippen LogP contribution < -0.4 is 5.32 Å². The summed E-state index contributed by atoms with van der Waals surface area (Å²) in [5.74, 6) is -0.615. The Bertz CT molecular complexity index is 1160. The number of para-hydroxylation sites is 1. The number of carbonyl (C=O) groups excluding carboxylic acids is 2. The van der Waals surface area contributed by atoms with Gasteiger partial charge < -0.3 is 14.5 Å². The number of aryl methyl sites for hydroxylation is 1. The molecule has 0 fully saturated rings. The number of nitrogens with zero attached hydrogens (tertiary/aromatic N) is 1. The number of ether oxygens (including phenoxy) is 1. The molecular formula is C22H18N2O4S. The Balaban J connectivity index is 1.42. The summed E-state index contributed by atoms with van der Waals surface area (Å²) in [5, 5.41) is 3.41. The zero-order valence-electron chi connectivity index (χ0n) is 15.8. The van der Waals surface area contributed by atoms with Gasteiger partial charge in [-0.2, -0.15) is 0 Å². The molecule has 2 aromatic heterocycles. The molecule has 0 radical (unpaired) electrons. The van der Waals surface area contributed by atoms with Crippen LogP contribution >= 0.6 is 11.3 Å². The van der Waals surface area contributed by atoms with Gasteiger partial charge in [-0.25, -0.2) is 9.78 Å². The number of fused-ring (bicyclic) bond motifs is 1. The van der Waals surface area contributed by atoms with Gasteiger partial charge >= 0.3 is 5.97 Å². The predicted octanol–water partition coefficient (Wildman–Crippen LogP) is 5.05. The summed E-state index contributed by atoms with van der Waals surface area (Å²) in [5.41, 5.74) is 2.54. The van der Waals surface area contributed by atoms with E-state index >= 15 is 0 Å². The molecule has 146 valence electrons. The number of benzene rings is 2. The van der Waals surface area contributed by atoms with Crippen molar-refractivity contribution in [3.05, 3.63) is 72.0 Å². The molecule has 2 heterocycles. The molecule has 0 saturated heterocycles. The molecule has 1 amide bonds. The number of aromatic nitrogens is 1. The van der Waals surface area contributed by atoms with Gasteiger partial charge in [0.2, 0.25) is 5.76 Å². The lowest BCUT2D eigenvalue weighted by Gasteiger charge is -2.13. The van der Waals surface area contributed by atoms with Crippen LogP contribution in [0.3, 0.4) is 0 Å². The first-order valence-corrected chi connectivity index (χ1v) is 9.85. The van der Waals surface area contributed by atoms with Gasteiger partial charge in [0, 0.05) is 5.69 Å². The van der Waals surface area contributed by atoms with E-state index in [9.17, 15) is 9.59 Å². The van der Waals surface area contributed by atoms with Crippen molar-refractivity contribution in [2.75, 3.05) is 5.32 Å². The number of carbonyl (C=O) groups is 2. The van der Waals surface area contributed by atoms with Crippen molar-refractivity contribution >= 4 is 39.1 Å². The highest BCUT2D eigenvalue weighted by molar-refractivity contribution is 7.21. The Morgan fingerprint density at radius 3 is 2.72 bits per heavy atom. The summed E-state index contributed by atoms with van der Waals surface area (Å²) in [4.78, 5) is 29.2. The molecule has 6 nitrogen and oxygen atoms in total. The molecule has 4 rings (SSSR count). The molecule has 0 aliphatic rings. The highest BCUT2D eigenvalue weighted by Gasteiger charge is 2.22. The highest BCUT2D eigenvalue weighted by Crippen LogP contribution is 2.31. The van der Waals surface area contributed by atoms with Crippen LogP contribution in [0.25, 0.3) is 21.0 Å². The first kappa shape index (κ1) is 18.9. The average molecular weight is 406 g/mol. The van der Waals surface area contributed by atoms with E-state index < -0.39 is 18.0 Å². The number of nitrogens with one attached hydrogen (secondary N) is 1. The number of rotatable bonds is 5. The van der Waals surface area contributed by atoms with Crippen LogP contribution in [0.5, 0.6) is 0 Å². The Hall–Kier alpha value is -3.45. The molecule has 0 bridgehead atoms. The minimum absolute atomic E-state index is 0.0226. The third-order valence-electron chi connectivity index (χ3n) is 4.25. The fourth-order valence-electron chi connectivity index (χ4n) is 2.78. The lowest BCUT2D eigenvalue weighted by atomic mass is 10.2. The van der Waals surface area contributed by atoms with Crippen LogP contribution in [0.2, 0.25) is 0 Å². The summed E-state index contributed by atoms with van der Waals surface area (Å²) < 4.78 is 11.9. The maximum atomic E-state index is 12.4. The topological polar surface area (TPSA) is 81.4 Å². The fraction of sp³-hybridized carbons (Fsp3) is 0.136. The summed E-state index contributed by atoms with van der Waals surface area (Å²) in [6.45, 7) is 3.44. The average Bonchev–Trinajstić information content (AvgIpc) is 3.35. The smallest absolute Gasteiger partial charge is 0.375 e.